The Kier molecular flexibility index (Phi) is 2.53. The third kappa shape index (κ3) is 1.78. The van der Waals surface area contributed by atoms with Crippen molar-refractivity contribution in [2.75, 3.05) is 31.2 Å². The first-order chi connectivity index (χ1) is 7.83. The van der Waals surface area contributed by atoms with E-state index in [1.165, 1.54) is 0 Å². The highest BCUT2D eigenvalue weighted by Crippen LogP contribution is 2.27. The van der Waals surface area contributed by atoms with Gasteiger partial charge in [0.2, 0.25) is 0 Å². The van der Waals surface area contributed by atoms with Crippen LogP contribution in [0.25, 0.3) is 10.3 Å². The van der Waals surface area contributed by atoms with E-state index in [4.69, 9.17) is 12.6 Å². The molecule has 2 radical (unpaired) electrons. The second kappa shape index (κ2) is 4.03. The van der Waals surface area contributed by atoms with Crippen LogP contribution in [0, 0.1) is 0 Å². The van der Waals surface area contributed by atoms with Gasteiger partial charge in [-0.15, -0.1) is 0 Å². The summed E-state index contributed by atoms with van der Waals surface area (Å²) in [7, 11) is 5.69. The standard InChI is InChI=1S/C10H10BN3OS/c11-7-5-8-9(12-6-7)13-10(16-8)14-1-3-15-4-2-14/h5-6H,1-4H2. The number of ether oxygens (including phenoxy) is 1. The predicted octanol–water partition coefficient (Wildman–Crippen LogP) is 0.322. The van der Waals surface area contributed by atoms with E-state index in [9.17, 15) is 0 Å². The van der Waals surface area contributed by atoms with Crippen molar-refractivity contribution < 1.29 is 4.74 Å². The lowest BCUT2D eigenvalue weighted by Gasteiger charge is -2.25. The summed E-state index contributed by atoms with van der Waals surface area (Å²) in [5.41, 5.74) is 1.46. The van der Waals surface area contributed by atoms with Gasteiger partial charge in [0.15, 0.2) is 10.8 Å². The number of rotatable bonds is 1. The first-order valence-electron chi connectivity index (χ1n) is 5.18. The molecule has 2 aromatic heterocycles. The summed E-state index contributed by atoms with van der Waals surface area (Å²) in [6.07, 6.45) is 1.64. The molecule has 0 unspecified atom stereocenters. The van der Waals surface area contributed by atoms with Crippen LogP contribution >= 0.6 is 11.3 Å². The lowest BCUT2D eigenvalue weighted by molar-refractivity contribution is 0.122. The Morgan fingerprint density at radius 1 is 1.38 bits per heavy atom. The predicted molar refractivity (Wildman–Crippen MR) is 65.8 cm³/mol. The summed E-state index contributed by atoms with van der Waals surface area (Å²) in [5, 5.41) is 1.01. The molecule has 1 aliphatic heterocycles. The summed E-state index contributed by atoms with van der Waals surface area (Å²) in [5.74, 6) is 0. The third-order valence-electron chi connectivity index (χ3n) is 2.54. The van der Waals surface area contributed by atoms with Crippen molar-refractivity contribution in [1.29, 1.82) is 0 Å². The van der Waals surface area contributed by atoms with Crippen molar-refractivity contribution in [3.8, 4) is 0 Å². The first kappa shape index (κ1) is 10.0. The monoisotopic (exact) mass is 231 g/mol. The van der Waals surface area contributed by atoms with E-state index in [-0.39, 0.29) is 0 Å². The molecule has 4 nitrogen and oxygen atoms in total. The van der Waals surface area contributed by atoms with Gasteiger partial charge < -0.3 is 9.64 Å². The van der Waals surface area contributed by atoms with E-state index < -0.39 is 0 Å². The Morgan fingerprint density at radius 2 is 2.19 bits per heavy atom. The number of hydrogen-bond donors (Lipinski definition) is 0. The summed E-state index contributed by atoms with van der Waals surface area (Å²) in [4.78, 5) is 10.9. The van der Waals surface area contributed by atoms with Crippen LogP contribution in [0.2, 0.25) is 0 Å². The number of nitrogens with zero attached hydrogens (tertiary/aromatic N) is 3. The van der Waals surface area contributed by atoms with Crippen molar-refractivity contribution in [3.63, 3.8) is 0 Å². The molecule has 0 aromatic carbocycles. The van der Waals surface area contributed by atoms with Gasteiger partial charge in [-0.25, -0.2) is 4.98 Å². The van der Waals surface area contributed by atoms with Gasteiger partial charge in [-0.05, 0) is 6.07 Å². The molecule has 80 valence electrons. The summed E-state index contributed by atoms with van der Waals surface area (Å²) >= 11 is 1.63. The van der Waals surface area contributed by atoms with Crippen molar-refractivity contribution in [3.05, 3.63) is 12.3 Å². The summed E-state index contributed by atoms with van der Waals surface area (Å²) in [6, 6.07) is 1.92. The Morgan fingerprint density at radius 3 is 3.00 bits per heavy atom. The van der Waals surface area contributed by atoms with Gasteiger partial charge in [-0.3, -0.25) is 0 Å². The molecule has 0 N–H and O–H groups in total. The third-order valence-corrected chi connectivity index (χ3v) is 3.59. The van der Waals surface area contributed by atoms with E-state index in [0.29, 0.717) is 5.46 Å². The molecule has 1 fully saturated rings. The maximum absolute atomic E-state index is 5.69. The molecule has 0 spiro atoms. The fraction of sp³-hybridized carbons (Fsp3) is 0.400. The average Bonchev–Trinajstić information content (AvgIpc) is 2.73. The van der Waals surface area contributed by atoms with Gasteiger partial charge in [0, 0.05) is 19.3 Å². The van der Waals surface area contributed by atoms with Crippen molar-refractivity contribution in [2.24, 2.45) is 0 Å². The zero-order valence-corrected chi connectivity index (χ0v) is 9.54. The van der Waals surface area contributed by atoms with Gasteiger partial charge in [-0.1, -0.05) is 16.8 Å². The van der Waals surface area contributed by atoms with Crippen molar-refractivity contribution in [2.45, 2.75) is 0 Å². The minimum Gasteiger partial charge on any atom is -0.378 e. The molecule has 0 atom stereocenters. The minimum atomic E-state index is 0.685. The minimum absolute atomic E-state index is 0.685. The number of fused-ring (bicyclic) bond motifs is 1. The van der Waals surface area contributed by atoms with Crippen LogP contribution in [0.1, 0.15) is 0 Å². The Labute approximate surface area is 98.7 Å². The van der Waals surface area contributed by atoms with E-state index in [0.717, 1.165) is 41.8 Å². The molecule has 0 bridgehead atoms. The van der Waals surface area contributed by atoms with Crippen LogP contribution in [-0.4, -0.2) is 44.1 Å². The summed E-state index contributed by atoms with van der Waals surface area (Å²) < 4.78 is 6.36. The number of pyridine rings is 1. The van der Waals surface area contributed by atoms with Crippen molar-refractivity contribution >= 4 is 40.1 Å². The molecule has 1 saturated heterocycles. The van der Waals surface area contributed by atoms with E-state index in [1.54, 1.807) is 17.5 Å². The molecule has 0 amide bonds. The average molecular weight is 231 g/mol. The second-order valence-corrected chi connectivity index (χ2v) is 4.70. The van der Waals surface area contributed by atoms with Crippen LogP contribution in [0.3, 0.4) is 0 Å². The molecular formula is C10H10BN3OS. The quantitative estimate of drug-likeness (QED) is 0.662. The van der Waals surface area contributed by atoms with Gasteiger partial charge in [-0.2, -0.15) is 4.98 Å². The molecule has 0 saturated carbocycles. The maximum atomic E-state index is 5.69. The lowest BCUT2D eigenvalue weighted by atomic mass is 9.99. The van der Waals surface area contributed by atoms with Crippen LogP contribution in [0.15, 0.2) is 12.3 Å². The highest BCUT2D eigenvalue weighted by atomic mass is 32.1. The molecule has 1 aliphatic rings. The molecular weight excluding hydrogens is 221 g/mol. The fourth-order valence-corrected chi connectivity index (χ4v) is 2.74. The van der Waals surface area contributed by atoms with Gasteiger partial charge in [0.05, 0.1) is 17.9 Å². The number of thiazole rings is 1. The lowest BCUT2D eigenvalue weighted by Crippen LogP contribution is -2.36. The number of hydrogen-bond acceptors (Lipinski definition) is 5. The van der Waals surface area contributed by atoms with Gasteiger partial charge in [0.1, 0.15) is 7.85 Å². The normalized spacial score (nSPS) is 16.9. The highest BCUT2D eigenvalue weighted by Gasteiger charge is 2.15. The van der Waals surface area contributed by atoms with Crippen LogP contribution in [0.4, 0.5) is 5.13 Å². The van der Waals surface area contributed by atoms with Gasteiger partial charge in [0.25, 0.3) is 0 Å². The molecule has 3 heterocycles. The topological polar surface area (TPSA) is 38.2 Å². The summed E-state index contributed by atoms with van der Waals surface area (Å²) in [6.45, 7) is 3.33. The zero-order chi connectivity index (χ0) is 11.0. The Hall–Kier alpha value is -1.14. The molecule has 0 aliphatic carbocycles. The number of anilines is 1. The molecule has 2 aromatic rings. The van der Waals surface area contributed by atoms with E-state index in [1.807, 2.05) is 6.07 Å². The largest absolute Gasteiger partial charge is 0.378 e. The Balaban J connectivity index is 1.97. The first-order valence-corrected chi connectivity index (χ1v) is 5.99. The highest BCUT2D eigenvalue weighted by molar-refractivity contribution is 7.22. The molecule has 16 heavy (non-hydrogen) atoms. The van der Waals surface area contributed by atoms with E-state index >= 15 is 0 Å². The fourth-order valence-electron chi connectivity index (χ4n) is 1.71. The smallest absolute Gasteiger partial charge is 0.188 e. The van der Waals surface area contributed by atoms with Gasteiger partial charge >= 0.3 is 0 Å². The second-order valence-electron chi connectivity index (χ2n) is 3.69. The van der Waals surface area contributed by atoms with Crippen LogP contribution in [-0.2, 0) is 4.74 Å². The van der Waals surface area contributed by atoms with Crippen LogP contribution in [0.5, 0.6) is 0 Å². The molecule has 6 heteroatoms. The van der Waals surface area contributed by atoms with E-state index in [2.05, 4.69) is 14.9 Å². The molecule has 3 rings (SSSR count). The SMILES string of the molecule is [B]c1cnc2nc(N3CCOCC3)sc2c1. The Bertz CT molecular complexity index is 510. The van der Waals surface area contributed by atoms with Crippen LogP contribution < -0.4 is 10.4 Å². The van der Waals surface area contributed by atoms with Crippen molar-refractivity contribution in [1.82, 2.24) is 9.97 Å². The number of aromatic nitrogens is 2. The maximum Gasteiger partial charge on any atom is 0.188 e. The zero-order valence-electron chi connectivity index (χ0n) is 8.72. The number of morpholine rings is 1.